The van der Waals surface area contributed by atoms with Crippen molar-refractivity contribution in [2.75, 3.05) is 5.43 Å². The van der Waals surface area contributed by atoms with Gasteiger partial charge in [0, 0.05) is 0 Å². The first kappa shape index (κ1) is 15.5. The maximum absolute atomic E-state index is 13.3. The van der Waals surface area contributed by atoms with Crippen LogP contribution in [-0.2, 0) is 0 Å². The van der Waals surface area contributed by atoms with Crippen molar-refractivity contribution in [1.82, 2.24) is 0 Å². The molecule has 0 heterocycles. The van der Waals surface area contributed by atoms with Gasteiger partial charge in [0.05, 0.1) is 17.0 Å². The molecule has 0 atom stereocenters. The summed E-state index contributed by atoms with van der Waals surface area (Å²) in [6.07, 6.45) is 0.421. The number of aromatic carboxylic acids is 1. The molecule has 0 bridgehead atoms. The van der Waals surface area contributed by atoms with E-state index in [1.54, 1.807) is 19.1 Å². The van der Waals surface area contributed by atoms with E-state index in [9.17, 15) is 14.3 Å². The number of carboxylic acid groups (broad SMARTS) is 1. The minimum Gasteiger partial charge on any atom is -0.872 e. The zero-order valence-electron chi connectivity index (χ0n) is 11.8. The van der Waals surface area contributed by atoms with Gasteiger partial charge in [0.1, 0.15) is 5.82 Å². The van der Waals surface area contributed by atoms with Gasteiger partial charge in [-0.1, -0.05) is 24.8 Å². The average Bonchev–Trinajstić information content (AvgIpc) is 2.51. The Hall–Kier alpha value is -2.89. The summed E-state index contributed by atoms with van der Waals surface area (Å²) in [5, 5.41) is 24.8. The van der Waals surface area contributed by atoms with Gasteiger partial charge >= 0.3 is 5.97 Å². The second-order valence-corrected chi connectivity index (χ2v) is 4.55. The van der Waals surface area contributed by atoms with Crippen LogP contribution >= 0.6 is 0 Å². The number of halogens is 1. The molecular formula is C16H14FN2O3-. The molecule has 0 aliphatic carbocycles. The third kappa shape index (κ3) is 3.60. The van der Waals surface area contributed by atoms with Crippen LogP contribution in [0.5, 0.6) is 5.75 Å². The lowest BCUT2D eigenvalue weighted by Gasteiger charge is -2.14. The predicted octanol–water partition coefficient (Wildman–Crippen LogP) is 2.82. The molecule has 0 fully saturated rings. The number of nitrogens with one attached hydrogen (secondary N) is 1. The van der Waals surface area contributed by atoms with Crippen molar-refractivity contribution in [2.45, 2.75) is 13.3 Å². The monoisotopic (exact) mass is 301 g/mol. The fourth-order valence-corrected chi connectivity index (χ4v) is 1.91. The van der Waals surface area contributed by atoms with Gasteiger partial charge in [-0.05, 0) is 42.3 Å². The largest absolute Gasteiger partial charge is 0.872 e. The van der Waals surface area contributed by atoms with Crippen LogP contribution in [0, 0.1) is 5.82 Å². The van der Waals surface area contributed by atoms with E-state index in [4.69, 9.17) is 5.11 Å². The number of carboxylic acids is 1. The molecule has 0 unspecified atom stereocenters. The molecule has 2 aromatic rings. The maximum Gasteiger partial charge on any atom is 0.335 e. The van der Waals surface area contributed by atoms with Crippen LogP contribution in [-0.4, -0.2) is 16.8 Å². The molecule has 0 radical (unpaired) electrons. The first-order valence-corrected chi connectivity index (χ1v) is 6.64. The SMILES string of the molecule is CC/C(=N\Nc1cccc(C(=O)O)c1)c1cc(F)ccc1[O-]. The van der Waals surface area contributed by atoms with Crippen molar-refractivity contribution < 1.29 is 19.4 Å². The number of nitrogens with zero attached hydrogens (tertiary/aromatic N) is 1. The second-order valence-electron chi connectivity index (χ2n) is 4.55. The number of carbonyl (C=O) groups is 1. The van der Waals surface area contributed by atoms with E-state index in [1.807, 2.05) is 0 Å². The first-order valence-electron chi connectivity index (χ1n) is 6.64. The fraction of sp³-hybridized carbons (Fsp3) is 0.125. The highest BCUT2D eigenvalue weighted by molar-refractivity contribution is 6.02. The third-order valence-corrected chi connectivity index (χ3v) is 3.02. The lowest BCUT2D eigenvalue weighted by Crippen LogP contribution is -2.08. The number of hydrazone groups is 1. The number of hydrogen-bond acceptors (Lipinski definition) is 4. The zero-order chi connectivity index (χ0) is 16.1. The van der Waals surface area contributed by atoms with E-state index in [2.05, 4.69) is 10.5 Å². The molecular weight excluding hydrogens is 287 g/mol. The third-order valence-electron chi connectivity index (χ3n) is 3.02. The summed E-state index contributed by atoms with van der Waals surface area (Å²) in [6.45, 7) is 1.79. The van der Waals surface area contributed by atoms with Gasteiger partial charge in [-0.15, -0.1) is 0 Å². The highest BCUT2D eigenvalue weighted by Gasteiger charge is 2.06. The van der Waals surface area contributed by atoms with Crippen molar-refractivity contribution >= 4 is 17.4 Å². The van der Waals surface area contributed by atoms with Crippen molar-refractivity contribution in [3.63, 3.8) is 0 Å². The minimum atomic E-state index is -1.05. The van der Waals surface area contributed by atoms with Crippen LogP contribution in [0.2, 0.25) is 0 Å². The van der Waals surface area contributed by atoms with Gasteiger partial charge in [0.25, 0.3) is 0 Å². The van der Waals surface area contributed by atoms with E-state index < -0.39 is 11.8 Å². The molecule has 5 nitrogen and oxygen atoms in total. The van der Waals surface area contributed by atoms with E-state index in [-0.39, 0.29) is 16.9 Å². The molecule has 0 saturated carbocycles. The zero-order valence-corrected chi connectivity index (χ0v) is 11.8. The Kier molecular flexibility index (Phi) is 4.73. The smallest absolute Gasteiger partial charge is 0.335 e. The van der Waals surface area contributed by atoms with Crippen LogP contribution in [0.25, 0.3) is 0 Å². The van der Waals surface area contributed by atoms with Gasteiger partial charge in [-0.2, -0.15) is 5.10 Å². The molecule has 0 saturated heterocycles. The predicted molar refractivity (Wildman–Crippen MR) is 79.7 cm³/mol. The molecule has 114 valence electrons. The highest BCUT2D eigenvalue weighted by atomic mass is 19.1. The average molecular weight is 301 g/mol. The Balaban J connectivity index is 2.28. The van der Waals surface area contributed by atoms with Crippen LogP contribution in [0.15, 0.2) is 47.6 Å². The molecule has 2 aromatic carbocycles. The lowest BCUT2D eigenvalue weighted by molar-refractivity contribution is -0.268. The Bertz CT molecular complexity index is 729. The molecule has 0 aliphatic heterocycles. The molecule has 0 spiro atoms. The summed E-state index contributed by atoms with van der Waals surface area (Å²) < 4.78 is 13.3. The van der Waals surface area contributed by atoms with E-state index in [0.717, 1.165) is 18.2 Å². The normalized spacial score (nSPS) is 11.3. The standard InChI is InChI=1S/C16H15FN2O3/c1-2-14(13-9-11(17)6-7-15(13)20)19-18-12-5-3-4-10(8-12)16(21)22/h3-9,18,20H,2H2,1H3,(H,21,22)/p-1/b19-14+. The minimum absolute atomic E-state index is 0.119. The van der Waals surface area contributed by atoms with Crippen molar-refractivity contribution in [1.29, 1.82) is 0 Å². The molecule has 0 amide bonds. The molecule has 2 rings (SSSR count). The number of hydrogen-bond donors (Lipinski definition) is 2. The van der Waals surface area contributed by atoms with Gasteiger partial charge in [0.2, 0.25) is 0 Å². The summed E-state index contributed by atoms with van der Waals surface area (Å²) in [5.41, 5.74) is 3.86. The highest BCUT2D eigenvalue weighted by Crippen LogP contribution is 2.18. The van der Waals surface area contributed by atoms with Gasteiger partial charge in [-0.25, -0.2) is 9.18 Å². The van der Waals surface area contributed by atoms with E-state index in [1.165, 1.54) is 12.1 Å². The summed E-state index contributed by atoms with van der Waals surface area (Å²) in [5.74, 6) is -1.87. The fourth-order valence-electron chi connectivity index (χ4n) is 1.91. The summed E-state index contributed by atoms with van der Waals surface area (Å²) in [6, 6.07) is 9.49. The van der Waals surface area contributed by atoms with E-state index in [0.29, 0.717) is 17.8 Å². The number of anilines is 1. The quantitative estimate of drug-likeness (QED) is 0.657. The number of rotatable bonds is 5. The van der Waals surface area contributed by atoms with Crippen molar-refractivity contribution in [3.8, 4) is 5.75 Å². The van der Waals surface area contributed by atoms with Crippen LogP contribution in [0.4, 0.5) is 10.1 Å². The summed E-state index contributed by atoms with van der Waals surface area (Å²) in [4.78, 5) is 10.9. The van der Waals surface area contributed by atoms with Crippen LogP contribution in [0.1, 0.15) is 29.3 Å². The Morgan fingerprint density at radius 3 is 2.77 bits per heavy atom. The Morgan fingerprint density at radius 1 is 1.32 bits per heavy atom. The van der Waals surface area contributed by atoms with Gasteiger partial charge < -0.3 is 10.2 Å². The van der Waals surface area contributed by atoms with Crippen molar-refractivity contribution in [2.24, 2.45) is 5.10 Å². The number of benzene rings is 2. The first-order chi connectivity index (χ1) is 10.5. The van der Waals surface area contributed by atoms with Crippen LogP contribution < -0.4 is 10.5 Å². The van der Waals surface area contributed by atoms with Crippen molar-refractivity contribution in [3.05, 3.63) is 59.4 Å². The second kappa shape index (κ2) is 6.71. The Labute approximate surface area is 126 Å². The maximum atomic E-state index is 13.3. The van der Waals surface area contributed by atoms with E-state index >= 15 is 0 Å². The molecule has 0 aliphatic rings. The molecule has 22 heavy (non-hydrogen) atoms. The topological polar surface area (TPSA) is 84.8 Å². The van der Waals surface area contributed by atoms with Crippen LogP contribution in [0.3, 0.4) is 0 Å². The summed E-state index contributed by atoms with van der Waals surface area (Å²) in [7, 11) is 0. The van der Waals surface area contributed by atoms with Gasteiger partial charge in [0.15, 0.2) is 0 Å². The molecule has 2 N–H and O–H groups in total. The Morgan fingerprint density at radius 2 is 2.09 bits per heavy atom. The van der Waals surface area contributed by atoms with Gasteiger partial charge in [-0.3, -0.25) is 5.43 Å². The summed E-state index contributed by atoms with van der Waals surface area (Å²) >= 11 is 0. The molecule has 0 aromatic heterocycles. The lowest BCUT2D eigenvalue weighted by atomic mass is 10.1. The molecule has 6 heteroatoms.